The molecule has 1 heterocycles. The van der Waals surface area contributed by atoms with E-state index in [4.69, 9.17) is 4.74 Å². The topological polar surface area (TPSA) is 83.9 Å². The van der Waals surface area contributed by atoms with Crippen molar-refractivity contribution in [1.82, 2.24) is 4.90 Å². The van der Waals surface area contributed by atoms with Gasteiger partial charge >= 0.3 is 0 Å². The number of ketones is 2. The van der Waals surface area contributed by atoms with Gasteiger partial charge in [0.2, 0.25) is 0 Å². The van der Waals surface area contributed by atoms with Crippen molar-refractivity contribution >= 4 is 17.5 Å². The molecule has 2 atom stereocenters. The molecule has 1 aromatic carbocycles. The van der Waals surface area contributed by atoms with E-state index >= 15 is 0 Å². The van der Waals surface area contributed by atoms with Gasteiger partial charge in [0.1, 0.15) is 0 Å². The van der Waals surface area contributed by atoms with Crippen LogP contribution in [0.1, 0.15) is 43.0 Å². The van der Waals surface area contributed by atoms with Crippen LogP contribution in [0.25, 0.3) is 0 Å². The Labute approximate surface area is 146 Å². The zero-order valence-corrected chi connectivity index (χ0v) is 14.5. The molecule has 6 heteroatoms. The summed E-state index contributed by atoms with van der Waals surface area (Å²) < 4.78 is 4.95. The molecule has 1 saturated carbocycles. The predicted octanol–water partition coefficient (Wildman–Crippen LogP) is 2.19. The third-order valence-corrected chi connectivity index (χ3v) is 5.07. The van der Waals surface area contributed by atoms with Gasteiger partial charge < -0.3 is 14.7 Å². The van der Waals surface area contributed by atoms with E-state index in [1.807, 2.05) is 0 Å². The molecule has 2 unspecified atom stereocenters. The minimum Gasteiger partial charge on any atom is -0.504 e. The number of benzene rings is 1. The number of hydrogen-bond donors (Lipinski definition) is 1. The summed E-state index contributed by atoms with van der Waals surface area (Å²) in [6.45, 7) is 2.48. The molecule has 134 valence electrons. The summed E-state index contributed by atoms with van der Waals surface area (Å²) in [6, 6.07) is 3.62. The second-order valence-corrected chi connectivity index (χ2v) is 7.04. The Kier molecular flexibility index (Phi) is 4.79. The van der Waals surface area contributed by atoms with E-state index in [0.29, 0.717) is 18.9 Å². The number of rotatable bonds is 5. The Balaban J connectivity index is 1.80. The molecule has 1 saturated heterocycles. The molecule has 1 aliphatic carbocycles. The van der Waals surface area contributed by atoms with Gasteiger partial charge in [-0.25, -0.2) is 0 Å². The molecule has 1 N–H and O–H groups in total. The van der Waals surface area contributed by atoms with Gasteiger partial charge in [-0.2, -0.15) is 0 Å². The summed E-state index contributed by atoms with van der Waals surface area (Å²) in [6.07, 6.45) is 3.15. The molecule has 1 aliphatic heterocycles. The van der Waals surface area contributed by atoms with Crippen molar-refractivity contribution in [3.05, 3.63) is 23.8 Å². The van der Waals surface area contributed by atoms with Crippen LogP contribution in [-0.2, 0) is 9.59 Å². The highest BCUT2D eigenvalue weighted by Gasteiger charge is 2.42. The summed E-state index contributed by atoms with van der Waals surface area (Å²) in [4.78, 5) is 39.3. The Morgan fingerprint density at radius 3 is 2.52 bits per heavy atom. The Hall–Kier alpha value is -2.37. The normalized spacial score (nSPS) is 23.2. The number of phenolic OH excluding ortho intramolecular Hbond substituents is 1. The van der Waals surface area contributed by atoms with Gasteiger partial charge in [0, 0.05) is 18.0 Å². The number of carbonyl (C=O) groups excluding carboxylic acids is 3. The molecule has 25 heavy (non-hydrogen) atoms. The molecule has 3 rings (SSSR count). The third-order valence-electron chi connectivity index (χ3n) is 5.07. The SMILES string of the molecule is COc1ccc(C(=O)C(=O)N2CCC(C)CC2C(=O)C2CC2)cc1O. The maximum absolute atomic E-state index is 12.7. The summed E-state index contributed by atoms with van der Waals surface area (Å²) in [5, 5.41) is 9.83. The number of hydrogen-bond acceptors (Lipinski definition) is 5. The number of amides is 1. The van der Waals surface area contributed by atoms with E-state index in [0.717, 1.165) is 19.3 Å². The lowest BCUT2D eigenvalue weighted by molar-refractivity contribution is -0.139. The zero-order chi connectivity index (χ0) is 18.1. The summed E-state index contributed by atoms with van der Waals surface area (Å²) in [5.74, 6) is -0.846. The molecule has 2 fully saturated rings. The first-order valence-corrected chi connectivity index (χ1v) is 8.68. The fourth-order valence-electron chi connectivity index (χ4n) is 3.38. The van der Waals surface area contributed by atoms with Crippen LogP contribution in [-0.4, -0.2) is 47.2 Å². The molecule has 1 aromatic rings. The second kappa shape index (κ2) is 6.86. The molecule has 0 bridgehead atoms. The first-order chi connectivity index (χ1) is 11.9. The summed E-state index contributed by atoms with van der Waals surface area (Å²) >= 11 is 0. The van der Waals surface area contributed by atoms with Gasteiger partial charge in [-0.1, -0.05) is 6.92 Å². The number of Topliss-reactive ketones (excluding diaryl/α,β-unsaturated/α-hetero) is 2. The van der Waals surface area contributed by atoms with Crippen LogP contribution in [0.15, 0.2) is 18.2 Å². The van der Waals surface area contributed by atoms with E-state index in [1.165, 1.54) is 30.2 Å². The number of piperidine rings is 1. The Morgan fingerprint density at radius 2 is 1.92 bits per heavy atom. The van der Waals surface area contributed by atoms with Crippen LogP contribution in [0.2, 0.25) is 0 Å². The maximum atomic E-state index is 12.7. The number of carbonyl (C=O) groups is 3. The first-order valence-electron chi connectivity index (χ1n) is 8.68. The van der Waals surface area contributed by atoms with E-state index in [-0.39, 0.29) is 28.8 Å². The van der Waals surface area contributed by atoms with Crippen LogP contribution >= 0.6 is 0 Å². The fraction of sp³-hybridized carbons (Fsp3) is 0.526. The van der Waals surface area contributed by atoms with Crippen molar-refractivity contribution in [3.8, 4) is 11.5 Å². The van der Waals surface area contributed by atoms with Crippen LogP contribution < -0.4 is 4.74 Å². The van der Waals surface area contributed by atoms with Gasteiger partial charge in [-0.3, -0.25) is 14.4 Å². The van der Waals surface area contributed by atoms with Crippen LogP contribution in [0.3, 0.4) is 0 Å². The second-order valence-electron chi connectivity index (χ2n) is 7.04. The monoisotopic (exact) mass is 345 g/mol. The summed E-state index contributed by atoms with van der Waals surface area (Å²) in [7, 11) is 1.41. The van der Waals surface area contributed by atoms with E-state index < -0.39 is 17.7 Å². The number of ether oxygens (including phenoxy) is 1. The lowest BCUT2D eigenvalue weighted by Gasteiger charge is -2.37. The first kappa shape index (κ1) is 17.5. The quantitative estimate of drug-likeness (QED) is 0.653. The van der Waals surface area contributed by atoms with Crippen molar-refractivity contribution in [1.29, 1.82) is 0 Å². The molecule has 0 aromatic heterocycles. The molecule has 1 amide bonds. The maximum Gasteiger partial charge on any atom is 0.295 e. The average Bonchev–Trinajstić information content (AvgIpc) is 3.44. The van der Waals surface area contributed by atoms with Gasteiger partial charge in [0.05, 0.1) is 13.2 Å². The number of nitrogens with zero attached hydrogens (tertiary/aromatic N) is 1. The van der Waals surface area contributed by atoms with E-state index in [9.17, 15) is 19.5 Å². The van der Waals surface area contributed by atoms with Crippen molar-refractivity contribution in [2.75, 3.05) is 13.7 Å². The van der Waals surface area contributed by atoms with Gasteiger partial charge in [-0.05, 0) is 49.8 Å². The Bertz CT molecular complexity index is 710. The molecule has 0 radical (unpaired) electrons. The van der Waals surface area contributed by atoms with E-state index in [2.05, 4.69) is 6.92 Å². The third kappa shape index (κ3) is 3.52. The average molecular weight is 345 g/mol. The molecule has 2 aliphatic rings. The standard InChI is InChI=1S/C19H23NO5/c1-11-7-8-20(14(9-11)17(22)12-3-4-12)19(24)18(23)13-5-6-16(25-2)15(21)10-13/h5-6,10-12,14,21H,3-4,7-9H2,1-2H3. The number of methoxy groups -OCH3 is 1. The fourth-order valence-corrected chi connectivity index (χ4v) is 3.38. The molecular weight excluding hydrogens is 322 g/mol. The van der Waals surface area contributed by atoms with Crippen molar-refractivity contribution in [2.24, 2.45) is 11.8 Å². The molecule has 0 spiro atoms. The summed E-state index contributed by atoms with van der Waals surface area (Å²) in [5.41, 5.74) is 0.0968. The van der Waals surface area contributed by atoms with Crippen LogP contribution in [0.5, 0.6) is 11.5 Å². The number of phenols is 1. The Morgan fingerprint density at radius 1 is 1.20 bits per heavy atom. The number of aromatic hydroxyl groups is 1. The van der Waals surface area contributed by atoms with Gasteiger partial charge in [0.25, 0.3) is 11.7 Å². The van der Waals surface area contributed by atoms with Gasteiger partial charge in [0.15, 0.2) is 17.3 Å². The van der Waals surface area contributed by atoms with Crippen LogP contribution in [0.4, 0.5) is 0 Å². The lowest BCUT2D eigenvalue weighted by atomic mass is 9.88. The minimum atomic E-state index is -0.707. The van der Waals surface area contributed by atoms with Gasteiger partial charge in [-0.15, -0.1) is 0 Å². The van der Waals surface area contributed by atoms with E-state index in [1.54, 1.807) is 0 Å². The highest BCUT2D eigenvalue weighted by atomic mass is 16.5. The molecular formula is C19H23NO5. The van der Waals surface area contributed by atoms with Crippen molar-refractivity contribution in [2.45, 2.75) is 38.6 Å². The smallest absolute Gasteiger partial charge is 0.295 e. The van der Waals surface area contributed by atoms with Crippen LogP contribution in [0, 0.1) is 11.8 Å². The predicted molar refractivity (Wildman–Crippen MR) is 90.6 cm³/mol. The lowest BCUT2D eigenvalue weighted by Crippen LogP contribution is -2.52. The largest absolute Gasteiger partial charge is 0.504 e. The highest BCUT2D eigenvalue weighted by Crippen LogP contribution is 2.35. The van der Waals surface area contributed by atoms with Crippen molar-refractivity contribution < 1.29 is 24.2 Å². The molecule has 6 nitrogen and oxygen atoms in total. The number of likely N-dealkylation sites (tertiary alicyclic amines) is 1. The highest BCUT2D eigenvalue weighted by molar-refractivity contribution is 6.43. The zero-order valence-electron chi connectivity index (χ0n) is 14.5. The van der Waals surface area contributed by atoms with Crippen molar-refractivity contribution in [3.63, 3.8) is 0 Å². The minimum absolute atomic E-state index is 0.0470.